The number of ketones is 1. The molecule has 1 aliphatic rings. The number of primary amides is 1. The fraction of sp³-hybridized carbons (Fsp3) is 0.125. The quantitative estimate of drug-likeness (QED) is 0.698. The number of thioether (sulfide) groups is 1. The van der Waals surface area contributed by atoms with Crippen molar-refractivity contribution in [2.75, 3.05) is 6.61 Å². The van der Waals surface area contributed by atoms with E-state index in [4.69, 9.17) is 15.9 Å². The number of benzene rings is 1. The molecule has 1 amide bonds. The number of rotatable bonds is 5. The van der Waals surface area contributed by atoms with E-state index in [1.54, 1.807) is 35.9 Å². The highest BCUT2D eigenvalue weighted by molar-refractivity contribution is 9.10. The minimum atomic E-state index is -0.599. The molecule has 0 saturated carbocycles. The molecule has 1 aromatic carbocycles. The van der Waals surface area contributed by atoms with Crippen molar-refractivity contribution in [2.24, 2.45) is 5.73 Å². The Hall–Kier alpha value is -1.97. The van der Waals surface area contributed by atoms with Crippen molar-refractivity contribution in [3.05, 3.63) is 49.7 Å². The van der Waals surface area contributed by atoms with E-state index in [0.29, 0.717) is 20.1 Å². The van der Waals surface area contributed by atoms with Gasteiger partial charge in [0.2, 0.25) is 0 Å². The lowest BCUT2D eigenvalue weighted by Crippen LogP contribution is -2.20. The topological polar surface area (TPSA) is 106 Å². The van der Waals surface area contributed by atoms with Crippen LogP contribution in [-0.4, -0.2) is 28.3 Å². The highest BCUT2D eigenvalue weighted by Crippen LogP contribution is 2.41. The van der Waals surface area contributed by atoms with Gasteiger partial charge >= 0.3 is 0 Å². The van der Waals surface area contributed by atoms with Gasteiger partial charge in [-0.05, 0) is 39.7 Å². The number of thiazole rings is 1. The summed E-state index contributed by atoms with van der Waals surface area (Å²) in [5.74, 6) is -0.787. The summed E-state index contributed by atoms with van der Waals surface area (Å²) in [5, 5.41) is 10.8. The fourth-order valence-corrected chi connectivity index (χ4v) is 4.53. The summed E-state index contributed by atoms with van der Waals surface area (Å²) in [5.41, 5.74) is 5.84. The van der Waals surface area contributed by atoms with E-state index in [1.807, 2.05) is 0 Å². The molecule has 0 aliphatic carbocycles. The van der Waals surface area contributed by atoms with Crippen molar-refractivity contribution in [1.29, 1.82) is 5.41 Å². The van der Waals surface area contributed by atoms with Gasteiger partial charge < -0.3 is 10.5 Å². The fourth-order valence-electron chi connectivity index (χ4n) is 2.22. The number of nitrogens with zero attached hydrogens (tertiary/aromatic N) is 1. The zero-order valence-corrected chi connectivity index (χ0v) is 15.9. The number of amides is 1. The van der Waals surface area contributed by atoms with E-state index in [9.17, 15) is 9.59 Å². The standard InChI is InChI=1S/C16H12BrN3O3S2/c17-9-5-8(1-2-10(9)23-7-12(18)21)6-11-14(22)13(15(19)25-11)16-20-3-4-24-16/h1-6,13,19H,7H2,(H2,18,21). The highest BCUT2D eigenvalue weighted by atomic mass is 79.9. The van der Waals surface area contributed by atoms with Crippen molar-refractivity contribution >= 4 is 61.8 Å². The number of nitrogens with two attached hydrogens (primary N) is 1. The van der Waals surface area contributed by atoms with Gasteiger partial charge in [-0.3, -0.25) is 15.0 Å². The molecule has 6 nitrogen and oxygen atoms in total. The van der Waals surface area contributed by atoms with Crippen LogP contribution in [0.3, 0.4) is 0 Å². The molecule has 3 rings (SSSR count). The van der Waals surface area contributed by atoms with Gasteiger partial charge in [-0.15, -0.1) is 11.3 Å². The number of aromatic nitrogens is 1. The van der Waals surface area contributed by atoms with E-state index in [1.165, 1.54) is 11.3 Å². The van der Waals surface area contributed by atoms with Gasteiger partial charge in [0, 0.05) is 11.6 Å². The van der Waals surface area contributed by atoms with Crippen molar-refractivity contribution in [3.63, 3.8) is 0 Å². The molecule has 1 atom stereocenters. The molecule has 9 heteroatoms. The van der Waals surface area contributed by atoms with Crippen LogP contribution in [0.25, 0.3) is 6.08 Å². The Bertz CT molecular complexity index is 881. The van der Waals surface area contributed by atoms with Gasteiger partial charge in [-0.2, -0.15) is 0 Å². The van der Waals surface area contributed by atoms with Crippen LogP contribution in [0.1, 0.15) is 16.5 Å². The summed E-state index contributed by atoms with van der Waals surface area (Å²) in [7, 11) is 0. The minimum Gasteiger partial charge on any atom is -0.483 e. The van der Waals surface area contributed by atoms with E-state index >= 15 is 0 Å². The zero-order chi connectivity index (χ0) is 18.0. The van der Waals surface area contributed by atoms with Crippen LogP contribution < -0.4 is 10.5 Å². The first-order valence-corrected chi connectivity index (χ1v) is 9.57. The second-order valence-corrected chi connectivity index (χ2v) is 7.95. The number of carbonyl (C=O) groups excluding carboxylic acids is 2. The summed E-state index contributed by atoms with van der Waals surface area (Å²) in [6, 6.07) is 5.23. The van der Waals surface area contributed by atoms with Crippen molar-refractivity contribution in [1.82, 2.24) is 4.98 Å². The molecule has 0 bridgehead atoms. The number of halogens is 1. The molecule has 0 spiro atoms. The van der Waals surface area contributed by atoms with Crippen molar-refractivity contribution < 1.29 is 14.3 Å². The molecule has 1 unspecified atom stereocenters. The molecule has 25 heavy (non-hydrogen) atoms. The maximum atomic E-state index is 12.6. The van der Waals surface area contributed by atoms with Gasteiger partial charge in [0.05, 0.1) is 14.4 Å². The lowest BCUT2D eigenvalue weighted by molar-refractivity contribution is -0.120. The van der Waals surface area contributed by atoms with Crippen LogP contribution in [0.4, 0.5) is 0 Å². The van der Waals surface area contributed by atoms with E-state index in [0.717, 1.165) is 17.3 Å². The van der Waals surface area contributed by atoms with Crippen LogP contribution in [-0.2, 0) is 9.59 Å². The Balaban J connectivity index is 1.81. The minimum absolute atomic E-state index is 0.116. The molecule has 0 radical (unpaired) electrons. The summed E-state index contributed by atoms with van der Waals surface area (Å²) < 4.78 is 5.92. The molecular weight excluding hydrogens is 426 g/mol. The summed E-state index contributed by atoms with van der Waals surface area (Å²) in [6.45, 7) is -0.208. The average Bonchev–Trinajstić information content (AvgIpc) is 3.15. The number of allylic oxidation sites excluding steroid dienone is 1. The SMILES string of the molecule is N=C1SC(=Cc2ccc(OCC(N)=O)c(Br)c2)C(=O)C1c1nccs1. The smallest absolute Gasteiger partial charge is 0.255 e. The largest absolute Gasteiger partial charge is 0.483 e. The first-order valence-electron chi connectivity index (χ1n) is 7.08. The van der Waals surface area contributed by atoms with Crippen molar-refractivity contribution in [2.45, 2.75) is 5.92 Å². The van der Waals surface area contributed by atoms with Gasteiger partial charge in [-0.1, -0.05) is 17.8 Å². The Labute approximate surface area is 160 Å². The third kappa shape index (κ3) is 4.00. The predicted molar refractivity (Wildman–Crippen MR) is 102 cm³/mol. The van der Waals surface area contributed by atoms with Gasteiger partial charge in [-0.25, -0.2) is 4.98 Å². The molecule has 2 aromatic rings. The Morgan fingerprint density at radius 1 is 1.48 bits per heavy atom. The maximum absolute atomic E-state index is 12.6. The zero-order valence-electron chi connectivity index (χ0n) is 12.7. The molecule has 1 aliphatic heterocycles. The maximum Gasteiger partial charge on any atom is 0.255 e. The second-order valence-electron chi connectivity index (χ2n) is 5.09. The van der Waals surface area contributed by atoms with E-state index < -0.39 is 11.8 Å². The van der Waals surface area contributed by atoms with Crippen LogP contribution in [0.2, 0.25) is 0 Å². The van der Waals surface area contributed by atoms with Crippen molar-refractivity contribution in [3.8, 4) is 5.75 Å². The Morgan fingerprint density at radius 3 is 2.92 bits per heavy atom. The van der Waals surface area contributed by atoms with Crippen LogP contribution in [0.5, 0.6) is 5.75 Å². The summed E-state index contributed by atoms with van der Waals surface area (Å²) in [4.78, 5) is 28.0. The molecule has 128 valence electrons. The van der Waals surface area contributed by atoms with Gasteiger partial charge in [0.15, 0.2) is 12.4 Å². The molecule has 1 fully saturated rings. The predicted octanol–water partition coefficient (Wildman–Crippen LogP) is 3.19. The third-order valence-corrected chi connectivity index (χ3v) is 5.76. The van der Waals surface area contributed by atoms with Gasteiger partial charge in [0.1, 0.15) is 16.7 Å². The number of Topliss-reactive ketones (excluding diaryl/α,β-unsaturated/α-hetero) is 1. The lowest BCUT2D eigenvalue weighted by atomic mass is 10.1. The van der Waals surface area contributed by atoms with Gasteiger partial charge in [0.25, 0.3) is 5.91 Å². The number of carbonyl (C=O) groups is 2. The van der Waals surface area contributed by atoms with E-state index in [-0.39, 0.29) is 17.4 Å². The Morgan fingerprint density at radius 2 is 2.28 bits per heavy atom. The van der Waals surface area contributed by atoms with Crippen LogP contribution >= 0.6 is 39.0 Å². The number of hydrogen-bond acceptors (Lipinski definition) is 7. The number of ether oxygens (including phenoxy) is 1. The molecule has 1 saturated heterocycles. The number of hydrogen-bond donors (Lipinski definition) is 2. The number of nitrogens with one attached hydrogen (secondary N) is 1. The molecule has 3 N–H and O–H groups in total. The molecule has 1 aromatic heterocycles. The van der Waals surface area contributed by atoms with E-state index in [2.05, 4.69) is 20.9 Å². The highest BCUT2D eigenvalue weighted by Gasteiger charge is 2.38. The lowest BCUT2D eigenvalue weighted by Gasteiger charge is -2.07. The molecular formula is C16H12BrN3O3S2. The average molecular weight is 438 g/mol. The van der Waals surface area contributed by atoms with Crippen LogP contribution in [0.15, 0.2) is 39.2 Å². The normalized spacial score (nSPS) is 18.8. The first kappa shape index (κ1) is 17.8. The second kappa shape index (κ2) is 7.51. The van der Waals surface area contributed by atoms with Crippen LogP contribution in [0, 0.1) is 5.41 Å². The first-order chi connectivity index (χ1) is 12.0. The summed E-state index contributed by atoms with van der Waals surface area (Å²) >= 11 is 5.89. The summed E-state index contributed by atoms with van der Waals surface area (Å²) in [6.07, 6.45) is 3.37. The molecule has 2 heterocycles. The third-order valence-electron chi connectivity index (χ3n) is 3.31. The monoisotopic (exact) mass is 437 g/mol. The Kier molecular flexibility index (Phi) is 5.36.